The number of anilines is 2. The fourth-order valence-corrected chi connectivity index (χ4v) is 5.96. The molecule has 0 aliphatic carbocycles. The lowest BCUT2D eigenvalue weighted by Crippen LogP contribution is -2.49. The lowest BCUT2D eigenvalue weighted by Gasteiger charge is -2.18. The van der Waals surface area contributed by atoms with Gasteiger partial charge in [0.25, 0.3) is 17.6 Å². The van der Waals surface area contributed by atoms with E-state index in [2.05, 4.69) is 46.7 Å². The Balaban J connectivity index is 0.000000192. The number of carboxylic acids is 1. The van der Waals surface area contributed by atoms with Crippen LogP contribution in [0.4, 0.5) is 11.5 Å². The molecule has 0 saturated carbocycles. The number of likely N-dealkylation sites (N-methyl/N-ethyl adjacent to an activating group) is 2. The molecule has 0 radical (unpaired) electrons. The van der Waals surface area contributed by atoms with Gasteiger partial charge in [-0.15, -0.1) is 22.6 Å². The van der Waals surface area contributed by atoms with Crippen LogP contribution < -0.4 is 30.3 Å². The van der Waals surface area contributed by atoms with Crippen molar-refractivity contribution in [1.29, 1.82) is 10.5 Å². The van der Waals surface area contributed by atoms with E-state index in [0.717, 1.165) is 16.8 Å². The van der Waals surface area contributed by atoms with Crippen molar-refractivity contribution < 1.29 is 33.8 Å². The Kier molecular flexibility index (Phi) is 15.0. The molecule has 6 aromatic rings. The number of ether oxygens (including phenoxy) is 2. The number of halogens is 1. The van der Waals surface area contributed by atoms with Gasteiger partial charge in [0, 0.05) is 33.1 Å². The molecule has 3 aromatic heterocycles. The second-order valence-electron chi connectivity index (χ2n) is 13.3. The predicted octanol–water partition coefficient (Wildman–Crippen LogP) is 2.57. The molecule has 1 unspecified atom stereocenters. The Bertz CT molecular complexity index is 2660. The van der Waals surface area contributed by atoms with Gasteiger partial charge in [0.2, 0.25) is 11.7 Å². The number of aromatic amines is 2. The largest absolute Gasteiger partial charge is 0.489 e. The van der Waals surface area contributed by atoms with E-state index in [-0.39, 0.29) is 49.1 Å². The highest BCUT2D eigenvalue weighted by atomic mass is 35.5. The van der Waals surface area contributed by atoms with E-state index in [1.807, 2.05) is 42.5 Å². The Morgan fingerprint density at radius 3 is 2.00 bits per heavy atom. The van der Waals surface area contributed by atoms with E-state index in [1.54, 1.807) is 68.8 Å². The fraction of sp³-hybridized carbons (Fsp3) is 0.195. The summed E-state index contributed by atoms with van der Waals surface area (Å²) in [4.78, 5) is 62.5. The summed E-state index contributed by atoms with van der Waals surface area (Å²) in [7, 11) is 3.28. The number of nitrogens with two attached hydrogens (primary N) is 1. The van der Waals surface area contributed by atoms with Crippen molar-refractivity contribution in [3.63, 3.8) is 0 Å². The lowest BCUT2D eigenvalue weighted by molar-refractivity contribution is -0.121. The zero-order valence-corrected chi connectivity index (χ0v) is 33.9. The standard InChI is InChI=1S/C20H17N7O3.C11H8N4O2.C10H12N2O2.ClH/c1-27-18-15(6-3-7-22-18)30-11-14(20(27)29)23-19(28)17-24-16(25-26-17)9-12-4-2-5-13(8-12)10-21;12-6-8-3-1-2-7(4-8)5-9-13-10(11(16)17)15-14-9;1-12-8-4-2-3-5-9(8)14-6-7(11)10(12)13;/h2-8,14H,9,11H2,1H3,(H,23,28)(H,24,25,26);1-4H,5H2,(H,16,17)(H,13,14,15);2-5,7H,6,11H2,1H3;1H/t14-;;;/m0.../s1. The summed E-state index contributed by atoms with van der Waals surface area (Å²) in [5.41, 5.74) is 9.23. The molecule has 0 bridgehead atoms. The Hall–Kier alpha value is -8.20. The maximum Gasteiger partial charge on any atom is 0.375 e. The van der Waals surface area contributed by atoms with Crippen LogP contribution in [0.1, 0.15) is 55.1 Å². The first-order chi connectivity index (χ1) is 29.4. The number of para-hydroxylation sites is 2. The normalized spacial score (nSPS) is 15.0. The average molecular weight is 860 g/mol. The van der Waals surface area contributed by atoms with Crippen LogP contribution in [0.25, 0.3) is 0 Å². The van der Waals surface area contributed by atoms with Gasteiger partial charge in [0.05, 0.1) is 29.0 Å². The van der Waals surface area contributed by atoms with Crippen LogP contribution in [0, 0.1) is 22.7 Å². The number of hydrogen-bond donors (Lipinski definition) is 5. The molecule has 62 heavy (non-hydrogen) atoms. The van der Waals surface area contributed by atoms with Crippen LogP contribution >= 0.6 is 12.4 Å². The van der Waals surface area contributed by atoms with Crippen molar-refractivity contribution in [3.05, 3.63) is 137 Å². The van der Waals surface area contributed by atoms with Gasteiger partial charge < -0.3 is 30.5 Å². The molecule has 21 heteroatoms. The third-order valence-electron chi connectivity index (χ3n) is 9.01. The van der Waals surface area contributed by atoms with Gasteiger partial charge in [-0.3, -0.25) is 29.5 Å². The maximum absolute atomic E-state index is 12.7. The number of carbonyl (C=O) groups is 4. The Morgan fingerprint density at radius 1 is 0.806 bits per heavy atom. The van der Waals surface area contributed by atoms with E-state index in [9.17, 15) is 19.2 Å². The maximum atomic E-state index is 12.7. The van der Waals surface area contributed by atoms with Crippen LogP contribution in [0.3, 0.4) is 0 Å². The molecule has 316 valence electrons. The molecule has 2 atom stereocenters. The molecule has 2 aliphatic heterocycles. The van der Waals surface area contributed by atoms with Gasteiger partial charge in [-0.05, 0) is 59.7 Å². The van der Waals surface area contributed by atoms with Crippen LogP contribution in [0.5, 0.6) is 11.5 Å². The van der Waals surface area contributed by atoms with Crippen LogP contribution in [0.2, 0.25) is 0 Å². The second kappa shape index (κ2) is 20.7. The molecular weight excluding hydrogens is 822 g/mol. The molecule has 20 nitrogen and oxygen atoms in total. The van der Waals surface area contributed by atoms with E-state index in [4.69, 9.17) is 30.8 Å². The first-order valence-corrected chi connectivity index (χ1v) is 18.4. The zero-order chi connectivity index (χ0) is 43.5. The second-order valence-corrected chi connectivity index (χ2v) is 13.3. The minimum Gasteiger partial charge on any atom is -0.489 e. The van der Waals surface area contributed by atoms with E-state index in [0.29, 0.717) is 52.9 Å². The van der Waals surface area contributed by atoms with Gasteiger partial charge in [-0.1, -0.05) is 36.4 Å². The number of amides is 3. The number of carbonyl (C=O) groups excluding carboxylic acids is 3. The van der Waals surface area contributed by atoms with E-state index in [1.165, 1.54) is 9.80 Å². The quantitative estimate of drug-likeness (QED) is 0.154. The van der Waals surface area contributed by atoms with Gasteiger partial charge in [-0.2, -0.15) is 10.5 Å². The van der Waals surface area contributed by atoms with Crippen molar-refractivity contribution in [3.8, 4) is 23.6 Å². The van der Waals surface area contributed by atoms with Crippen molar-refractivity contribution >= 4 is 47.6 Å². The zero-order valence-electron chi connectivity index (χ0n) is 33.1. The lowest BCUT2D eigenvalue weighted by atomic mass is 10.1. The molecule has 0 saturated heterocycles. The number of aromatic carboxylic acids is 1. The molecule has 6 N–H and O–H groups in total. The average Bonchev–Trinajstić information content (AvgIpc) is 3.92. The van der Waals surface area contributed by atoms with Gasteiger partial charge in [0.1, 0.15) is 42.7 Å². The van der Waals surface area contributed by atoms with Crippen molar-refractivity contribution in [2.75, 3.05) is 37.1 Å². The third kappa shape index (κ3) is 11.1. The van der Waals surface area contributed by atoms with E-state index < -0.39 is 24.0 Å². The van der Waals surface area contributed by atoms with Crippen LogP contribution in [-0.2, 0) is 22.4 Å². The monoisotopic (exact) mass is 859 g/mol. The number of hydrogen-bond acceptors (Lipinski definition) is 14. The number of benzene rings is 3. The first kappa shape index (κ1) is 44.9. The highest BCUT2D eigenvalue weighted by Crippen LogP contribution is 2.30. The van der Waals surface area contributed by atoms with Crippen LogP contribution in [0.15, 0.2) is 91.1 Å². The van der Waals surface area contributed by atoms with Crippen molar-refractivity contribution in [2.45, 2.75) is 24.9 Å². The van der Waals surface area contributed by atoms with Gasteiger partial charge >= 0.3 is 5.97 Å². The summed E-state index contributed by atoms with van der Waals surface area (Å²) in [5, 5.41) is 41.8. The number of nitrogens with one attached hydrogen (secondary N) is 3. The minimum absolute atomic E-state index is 0. The summed E-state index contributed by atoms with van der Waals surface area (Å²) >= 11 is 0. The number of rotatable bonds is 7. The predicted molar refractivity (Wildman–Crippen MR) is 223 cm³/mol. The number of fused-ring (bicyclic) bond motifs is 2. The highest BCUT2D eigenvalue weighted by Gasteiger charge is 2.32. The van der Waals surface area contributed by atoms with Gasteiger partial charge in [-0.25, -0.2) is 19.7 Å². The first-order valence-electron chi connectivity index (χ1n) is 18.4. The SMILES string of the molecule is CN1C(=O)C(N)COc2ccccc21.CN1C(=O)[C@@H](NC(=O)c2n[nH]c(Cc3cccc(C#N)c3)n2)COc2cccnc21.Cl.N#Cc1cccc(Cc2nc(C(=O)O)n[nH]2)c1. The molecule has 2 aliphatic rings. The van der Waals surface area contributed by atoms with Crippen molar-refractivity contribution in [2.24, 2.45) is 5.73 Å². The minimum atomic E-state index is -1.17. The number of carboxylic acid groups (broad SMARTS) is 1. The molecule has 3 aromatic carbocycles. The van der Waals surface area contributed by atoms with Crippen molar-refractivity contribution in [1.82, 2.24) is 40.7 Å². The number of aromatic nitrogens is 7. The molecule has 0 spiro atoms. The number of H-pyrrole nitrogens is 2. The molecule has 0 fully saturated rings. The number of nitrogens with zero attached hydrogens (tertiary/aromatic N) is 9. The summed E-state index contributed by atoms with van der Waals surface area (Å²) < 4.78 is 11.0. The fourth-order valence-electron chi connectivity index (χ4n) is 5.96. The number of nitriles is 2. The number of pyridine rings is 1. The summed E-state index contributed by atoms with van der Waals surface area (Å²) in [6, 6.07) is 27.6. The highest BCUT2D eigenvalue weighted by molar-refractivity contribution is 6.02. The summed E-state index contributed by atoms with van der Waals surface area (Å²) in [6.45, 7) is 0.200. The van der Waals surface area contributed by atoms with Gasteiger partial charge in [0.15, 0.2) is 11.6 Å². The molecule has 5 heterocycles. The van der Waals surface area contributed by atoms with Crippen LogP contribution in [-0.4, -0.2) is 104 Å². The molecule has 3 amide bonds. The summed E-state index contributed by atoms with van der Waals surface area (Å²) in [6.07, 6.45) is 2.35. The third-order valence-corrected chi connectivity index (χ3v) is 9.01. The molecular formula is C41H38ClN13O7. The topological polar surface area (TPSA) is 295 Å². The van der Waals surface area contributed by atoms with E-state index >= 15 is 0 Å². The molecule has 8 rings (SSSR count). The summed E-state index contributed by atoms with van der Waals surface area (Å²) in [5.74, 6) is -0.103. The Labute approximate surface area is 359 Å². The smallest absolute Gasteiger partial charge is 0.375 e. The Morgan fingerprint density at radius 2 is 1.39 bits per heavy atom.